The van der Waals surface area contributed by atoms with Gasteiger partial charge in [0.25, 0.3) is 0 Å². The third-order valence-corrected chi connectivity index (χ3v) is 2.95. The van der Waals surface area contributed by atoms with Crippen LogP contribution in [0.5, 0.6) is 5.75 Å². The van der Waals surface area contributed by atoms with Crippen molar-refractivity contribution in [2.24, 2.45) is 0 Å². The number of para-hydroxylation sites is 1. The van der Waals surface area contributed by atoms with Crippen molar-refractivity contribution in [3.63, 3.8) is 0 Å². The smallest absolute Gasteiger partial charge is 0.196 e. The zero-order chi connectivity index (χ0) is 13.1. The van der Waals surface area contributed by atoms with E-state index in [9.17, 15) is 4.79 Å². The van der Waals surface area contributed by atoms with E-state index in [1.165, 1.54) is 7.11 Å². The van der Waals surface area contributed by atoms with Gasteiger partial charge in [0.15, 0.2) is 5.78 Å². The van der Waals surface area contributed by atoms with E-state index in [-0.39, 0.29) is 5.78 Å². The third kappa shape index (κ3) is 2.31. The number of ketones is 1. The number of carbonyl (C=O) groups is 1. The summed E-state index contributed by atoms with van der Waals surface area (Å²) in [6.45, 7) is 0. The van der Waals surface area contributed by atoms with Gasteiger partial charge in [-0.2, -0.15) is 0 Å². The van der Waals surface area contributed by atoms with E-state index in [0.29, 0.717) is 27.6 Å². The van der Waals surface area contributed by atoms with Crippen LogP contribution in [0.25, 0.3) is 0 Å². The minimum Gasteiger partial charge on any atom is -0.496 e. The molecule has 0 aliphatic rings. The monoisotopic (exact) mass is 261 g/mol. The van der Waals surface area contributed by atoms with Crippen LogP contribution in [-0.2, 0) is 0 Å². The minimum atomic E-state index is -0.143. The molecule has 2 N–H and O–H groups in total. The highest BCUT2D eigenvalue weighted by Gasteiger charge is 2.14. The van der Waals surface area contributed by atoms with Crippen molar-refractivity contribution in [2.75, 3.05) is 12.8 Å². The Hall–Kier alpha value is -2.00. The van der Waals surface area contributed by atoms with E-state index in [1.807, 2.05) is 6.07 Å². The van der Waals surface area contributed by atoms with Crippen molar-refractivity contribution < 1.29 is 9.53 Å². The molecule has 2 aromatic rings. The Morgan fingerprint density at radius 2 is 1.94 bits per heavy atom. The quantitative estimate of drug-likeness (QED) is 0.682. The summed E-state index contributed by atoms with van der Waals surface area (Å²) < 4.78 is 5.16. The lowest BCUT2D eigenvalue weighted by Gasteiger charge is -2.08. The number of rotatable bonds is 3. The molecule has 92 valence electrons. The molecule has 0 heterocycles. The van der Waals surface area contributed by atoms with E-state index in [4.69, 9.17) is 22.1 Å². The molecule has 2 rings (SSSR count). The first-order valence-corrected chi connectivity index (χ1v) is 5.74. The topological polar surface area (TPSA) is 52.3 Å². The second-order valence-corrected chi connectivity index (χ2v) is 4.17. The maximum atomic E-state index is 12.3. The SMILES string of the molecule is COc1ccccc1C(=O)c1ccc(Cl)c(N)c1. The predicted molar refractivity (Wildman–Crippen MR) is 72.3 cm³/mol. The van der Waals surface area contributed by atoms with E-state index in [1.54, 1.807) is 36.4 Å². The van der Waals surface area contributed by atoms with Crippen LogP contribution in [0.1, 0.15) is 15.9 Å². The summed E-state index contributed by atoms with van der Waals surface area (Å²) >= 11 is 5.83. The Morgan fingerprint density at radius 1 is 1.22 bits per heavy atom. The normalized spacial score (nSPS) is 10.1. The summed E-state index contributed by atoms with van der Waals surface area (Å²) in [5.74, 6) is 0.395. The molecule has 2 aromatic carbocycles. The van der Waals surface area contributed by atoms with Gasteiger partial charge in [0.1, 0.15) is 5.75 Å². The van der Waals surface area contributed by atoms with Gasteiger partial charge < -0.3 is 10.5 Å². The predicted octanol–water partition coefficient (Wildman–Crippen LogP) is 3.16. The van der Waals surface area contributed by atoms with Gasteiger partial charge in [-0.15, -0.1) is 0 Å². The fourth-order valence-corrected chi connectivity index (χ4v) is 1.79. The molecule has 0 fully saturated rings. The zero-order valence-corrected chi connectivity index (χ0v) is 10.6. The van der Waals surface area contributed by atoms with Gasteiger partial charge in [-0.1, -0.05) is 23.7 Å². The number of benzene rings is 2. The highest BCUT2D eigenvalue weighted by atomic mass is 35.5. The molecule has 0 aliphatic carbocycles. The van der Waals surface area contributed by atoms with E-state index in [2.05, 4.69) is 0 Å². The van der Waals surface area contributed by atoms with Crippen LogP contribution in [0.15, 0.2) is 42.5 Å². The number of nitrogens with two attached hydrogens (primary N) is 1. The molecule has 0 bridgehead atoms. The van der Waals surface area contributed by atoms with E-state index >= 15 is 0 Å². The summed E-state index contributed by atoms with van der Waals surface area (Å²) in [4.78, 5) is 12.3. The Labute approximate surface area is 110 Å². The third-order valence-electron chi connectivity index (χ3n) is 2.61. The largest absolute Gasteiger partial charge is 0.496 e. The first-order chi connectivity index (χ1) is 8.63. The second kappa shape index (κ2) is 5.10. The summed E-state index contributed by atoms with van der Waals surface area (Å²) in [5, 5.41) is 0.437. The fraction of sp³-hybridized carbons (Fsp3) is 0.0714. The first-order valence-electron chi connectivity index (χ1n) is 5.36. The molecule has 0 saturated heterocycles. The van der Waals surface area contributed by atoms with Crippen LogP contribution >= 0.6 is 11.6 Å². The van der Waals surface area contributed by atoms with Crippen LogP contribution in [0.4, 0.5) is 5.69 Å². The van der Waals surface area contributed by atoms with Gasteiger partial charge in [-0.3, -0.25) is 4.79 Å². The molecule has 0 unspecified atom stereocenters. The van der Waals surface area contributed by atoms with Crippen molar-refractivity contribution in [2.45, 2.75) is 0 Å². The molecule has 0 atom stereocenters. The van der Waals surface area contributed by atoms with E-state index in [0.717, 1.165) is 0 Å². The molecule has 0 radical (unpaired) electrons. The first kappa shape index (κ1) is 12.5. The lowest BCUT2D eigenvalue weighted by Crippen LogP contribution is -2.04. The molecule has 18 heavy (non-hydrogen) atoms. The molecular formula is C14H12ClNO2. The maximum absolute atomic E-state index is 12.3. The Balaban J connectivity index is 2.44. The van der Waals surface area contributed by atoms with Crippen molar-refractivity contribution in [1.82, 2.24) is 0 Å². The molecule has 0 amide bonds. The number of anilines is 1. The lowest BCUT2D eigenvalue weighted by molar-refractivity contribution is 0.103. The lowest BCUT2D eigenvalue weighted by atomic mass is 10.0. The van der Waals surface area contributed by atoms with Gasteiger partial charge in [-0.05, 0) is 30.3 Å². The van der Waals surface area contributed by atoms with E-state index < -0.39 is 0 Å². The van der Waals surface area contributed by atoms with Crippen LogP contribution in [0.2, 0.25) is 5.02 Å². The summed E-state index contributed by atoms with van der Waals surface area (Å²) in [6, 6.07) is 11.9. The standard InChI is InChI=1S/C14H12ClNO2/c1-18-13-5-3-2-4-10(13)14(17)9-6-7-11(15)12(16)8-9/h2-8H,16H2,1H3. The Morgan fingerprint density at radius 3 is 2.61 bits per heavy atom. The number of halogens is 1. The molecular weight excluding hydrogens is 250 g/mol. The number of nitrogen functional groups attached to an aromatic ring is 1. The van der Waals surface area contributed by atoms with Crippen LogP contribution < -0.4 is 10.5 Å². The molecule has 0 spiro atoms. The number of ether oxygens (including phenoxy) is 1. The van der Waals surface area contributed by atoms with Gasteiger partial charge in [0.2, 0.25) is 0 Å². The number of hydrogen-bond acceptors (Lipinski definition) is 3. The average molecular weight is 262 g/mol. The average Bonchev–Trinajstić information content (AvgIpc) is 2.41. The van der Waals surface area contributed by atoms with Gasteiger partial charge in [0, 0.05) is 5.56 Å². The molecule has 4 heteroatoms. The molecule has 0 aromatic heterocycles. The summed E-state index contributed by atoms with van der Waals surface area (Å²) in [7, 11) is 1.53. The van der Waals surface area contributed by atoms with Crippen LogP contribution in [0, 0.1) is 0 Å². The highest BCUT2D eigenvalue weighted by Crippen LogP contribution is 2.24. The van der Waals surface area contributed by atoms with Crippen molar-refractivity contribution >= 4 is 23.1 Å². The summed E-state index contributed by atoms with van der Waals surface area (Å²) in [6.07, 6.45) is 0. The van der Waals surface area contributed by atoms with Gasteiger partial charge in [-0.25, -0.2) is 0 Å². The van der Waals surface area contributed by atoms with Crippen LogP contribution in [-0.4, -0.2) is 12.9 Å². The zero-order valence-electron chi connectivity index (χ0n) is 9.81. The highest BCUT2D eigenvalue weighted by molar-refractivity contribution is 6.33. The fourth-order valence-electron chi connectivity index (χ4n) is 1.67. The summed E-state index contributed by atoms with van der Waals surface area (Å²) in [5.41, 5.74) is 7.07. The van der Waals surface area contributed by atoms with Crippen molar-refractivity contribution in [3.05, 3.63) is 58.6 Å². The molecule has 3 nitrogen and oxygen atoms in total. The molecule has 0 aliphatic heterocycles. The number of carbonyl (C=O) groups excluding carboxylic acids is 1. The van der Waals surface area contributed by atoms with Crippen molar-refractivity contribution in [1.29, 1.82) is 0 Å². The maximum Gasteiger partial charge on any atom is 0.196 e. The minimum absolute atomic E-state index is 0.143. The Bertz CT molecular complexity index is 596. The van der Waals surface area contributed by atoms with Gasteiger partial charge >= 0.3 is 0 Å². The molecule has 0 saturated carbocycles. The number of hydrogen-bond donors (Lipinski definition) is 1. The van der Waals surface area contributed by atoms with Crippen molar-refractivity contribution in [3.8, 4) is 5.75 Å². The van der Waals surface area contributed by atoms with Crippen LogP contribution in [0.3, 0.4) is 0 Å². The van der Waals surface area contributed by atoms with Gasteiger partial charge in [0.05, 0.1) is 23.4 Å². The Kier molecular flexibility index (Phi) is 3.53. The number of methoxy groups -OCH3 is 1. The second-order valence-electron chi connectivity index (χ2n) is 3.77.